The van der Waals surface area contributed by atoms with Gasteiger partial charge in [-0.3, -0.25) is 0 Å². The van der Waals surface area contributed by atoms with E-state index in [0.29, 0.717) is 5.92 Å². The lowest BCUT2D eigenvalue weighted by molar-refractivity contribution is 0.668. The van der Waals surface area contributed by atoms with Crippen LogP contribution in [-0.4, -0.2) is 0 Å². The third-order valence-electron chi connectivity index (χ3n) is 6.83. The molecule has 0 saturated heterocycles. The molecule has 1 nitrogen and oxygen atoms in total. The van der Waals surface area contributed by atoms with E-state index >= 15 is 0 Å². The normalized spacial score (nSPS) is 11.9. The topological polar surface area (TPSA) is 13.1 Å². The fraction of sp³-hybridized carbons (Fsp3) is 0.0909. The van der Waals surface area contributed by atoms with E-state index in [1.165, 1.54) is 43.4 Å². The van der Waals surface area contributed by atoms with Crippen LogP contribution in [0.1, 0.15) is 19.4 Å². The molecular formula is C33H22O. The number of para-hydroxylation sites is 1. The summed E-state index contributed by atoms with van der Waals surface area (Å²) in [5.74, 6) is 6.89. The molecule has 34 heavy (non-hydrogen) atoms. The first-order chi connectivity index (χ1) is 16.7. The van der Waals surface area contributed by atoms with Gasteiger partial charge in [0.05, 0.1) is 5.56 Å². The van der Waals surface area contributed by atoms with Crippen LogP contribution in [0.4, 0.5) is 0 Å². The molecule has 0 fully saturated rings. The van der Waals surface area contributed by atoms with E-state index in [-0.39, 0.29) is 0 Å². The summed E-state index contributed by atoms with van der Waals surface area (Å²) in [5.41, 5.74) is 5.17. The molecule has 0 aliphatic rings. The van der Waals surface area contributed by atoms with Gasteiger partial charge in [-0.05, 0) is 61.6 Å². The van der Waals surface area contributed by atoms with Gasteiger partial charge in [0.25, 0.3) is 0 Å². The Morgan fingerprint density at radius 1 is 0.647 bits per heavy atom. The molecule has 0 unspecified atom stereocenters. The Morgan fingerprint density at radius 3 is 2.21 bits per heavy atom. The number of rotatable bonds is 1. The molecule has 160 valence electrons. The Labute approximate surface area is 197 Å². The maximum atomic E-state index is 6.28. The van der Waals surface area contributed by atoms with Crippen molar-refractivity contribution in [3.8, 4) is 23.0 Å². The zero-order valence-corrected chi connectivity index (χ0v) is 19.1. The standard InChI is InChI=1S/C33H22O/c1-20(2)9-10-24-7-4-8-28-29-19-25(15-18-30(29)34-33(24)28)26-16-13-23-12-11-21-5-3-6-22-14-17-27(26)32(23)31(21)22/h3-8,11-20H,1-2H3. The largest absolute Gasteiger partial charge is 0.455 e. The van der Waals surface area contributed by atoms with Crippen molar-refractivity contribution in [1.29, 1.82) is 0 Å². The first kappa shape index (κ1) is 19.2. The molecule has 1 heterocycles. The van der Waals surface area contributed by atoms with Crippen molar-refractivity contribution in [3.63, 3.8) is 0 Å². The summed E-state index contributed by atoms with van der Waals surface area (Å²) in [4.78, 5) is 0. The van der Waals surface area contributed by atoms with Crippen molar-refractivity contribution in [3.05, 3.63) is 96.6 Å². The lowest BCUT2D eigenvalue weighted by Gasteiger charge is -2.14. The zero-order chi connectivity index (χ0) is 22.8. The van der Waals surface area contributed by atoms with Crippen molar-refractivity contribution in [1.82, 2.24) is 0 Å². The second kappa shape index (κ2) is 7.11. The molecule has 1 aromatic heterocycles. The van der Waals surface area contributed by atoms with Gasteiger partial charge in [-0.1, -0.05) is 98.5 Å². The lowest BCUT2D eigenvalue weighted by atomic mass is 9.89. The summed E-state index contributed by atoms with van der Waals surface area (Å²) in [6.07, 6.45) is 0. The molecular weight excluding hydrogens is 412 g/mol. The number of hydrogen-bond donors (Lipinski definition) is 0. The minimum Gasteiger partial charge on any atom is -0.455 e. The van der Waals surface area contributed by atoms with Gasteiger partial charge in [-0.15, -0.1) is 0 Å². The zero-order valence-electron chi connectivity index (χ0n) is 19.1. The van der Waals surface area contributed by atoms with E-state index in [1.54, 1.807) is 0 Å². The third kappa shape index (κ3) is 2.76. The van der Waals surface area contributed by atoms with Crippen LogP contribution in [0.3, 0.4) is 0 Å². The Kier molecular flexibility index (Phi) is 4.02. The van der Waals surface area contributed by atoms with Crippen LogP contribution in [0.15, 0.2) is 95.4 Å². The molecule has 0 spiro atoms. The van der Waals surface area contributed by atoms with Gasteiger partial charge in [0.15, 0.2) is 5.58 Å². The van der Waals surface area contributed by atoms with Crippen molar-refractivity contribution in [2.24, 2.45) is 5.92 Å². The Morgan fingerprint density at radius 2 is 1.38 bits per heavy atom. The molecule has 0 aliphatic heterocycles. The number of benzene rings is 6. The van der Waals surface area contributed by atoms with E-state index < -0.39 is 0 Å². The Hall–Kier alpha value is -4.28. The molecule has 0 aliphatic carbocycles. The van der Waals surface area contributed by atoms with Crippen molar-refractivity contribution < 1.29 is 4.42 Å². The van der Waals surface area contributed by atoms with E-state index in [4.69, 9.17) is 4.42 Å². The molecule has 0 amide bonds. The minimum atomic E-state index is 0.320. The summed E-state index contributed by atoms with van der Waals surface area (Å²) in [6, 6.07) is 32.8. The highest BCUT2D eigenvalue weighted by Gasteiger charge is 2.14. The second-order valence-corrected chi connectivity index (χ2v) is 9.39. The minimum absolute atomic E-state index is 0.320. The highest BCUT2D eigenvalue weighted by atomic mass is 16.3. The monoisotopic (exact) mass is 434 g/mol. The first-order valence-corrected chi connectivity index (χ1v) is 11.8. The van der Waals surface area contributed by atoms with Gasteiger partial charge in [0.1, 0.15) is 5.58 Å². The van der Waals surface area contributed by atoms with Crippen molar-refractivity contribution in [2.75, 3.05) is 0 Å². The van der Waals surface area contributed by atoms with E-state index in [9.17, 15) is 0 Å². The van der Waals surface area contributed by atoms with Gasteiger partial charge in [-0.2, -0.15) is 0 Å². The van der Waals surface area contributed by atoms with Gasteiger partial charge in [0, 0.05) is 16.7 Å². The van der Waals surface area contributed by atoms with E-state index in [0.717, 1.165) is 27.5 Å². The van der Waals surface area contributed by atoms with Crippen LogP contribution < -0.4 is 0 Å². The van der Waals surface area contributed by atoms with Crippen LogP contribution >= 0.6 is 0 Å². The maximum absolute atomic E-state index is 6.28. The van der Waals surface area contributed by atoms with Crippen LogP contribution in [0.25, 0.3) is 65.4 Å². The maximum Gasteiger partial charge on any atom is 0.151 e. The Balaban J connectivity index is 1.49. The molecule has 0 atom stereocenters. The summed E-state index contributed by atoms with van der Waals surface area (Å²) in [7, 11) is 0. The molecule has 0 radical (unpaired) electrons. The fourth-order valence-corrected chi connectivity index (χ4v) is 5.27. The predicted molar refractivity (Wildman–Crippen MR) is 145 cm³/mol. The average Bonchev–Trinajstić information content (AvgIpc) is 3.24. The predicted octanol–water partition coefficient (Wildman–Crippen LogP) is 9.16. The molecule has 0 N–H and O–H groups in total. The molecule has 1 heteroatoms. The lowest BCUT2D eigenvalue weighted by Crippen LogP contribution is -1.87. The number of furan rings is 1. The van der Waals surface area contributed by atoms with Gasteiger partial charge in [0.2, 0.25) is 0 Å². The molecule has 7 aromatic rings. The summed E-state index contributed by atoms with van der Waals surface area (Å²) in [6.45, 7) is 4.21. The van der Waals surface area contributed by atoms with Crippen molar-refractivity contribution in [2.45, 2.75) is 13.8 Å². The summed E-state index contributed by atoms with van der Waals surface area (Å²) < 4.78 is 6.28. The summed E-state index contributed by atoms with van der Waals surface area (Å²) >= 11 is 0. The number of hydrogen-bond acceptors (Lipinski definition) is 1. The van der Waals surface area contributed by atoms with Crippen LogP contribution in [0, 0.1) is 17.8 Å². The SMILES string of the molecule is CC(C)C#Cc1cccc2c1oc1ccc(-c3ccc4ccc5cccc6ccc3c4c56)cc12. The van der Waals surface area contributed by atoms with Crippen LogP contribution in [-0.2, 0) is 0 Å². The smallest absolute Gasteiger partial charge is 0.151 e. The van der Waals surface area contributed by atoms with Crippen molar-refractivity contribution >= 4 is 54.3 Å². The van der Waals surface area contributed by atoms with E-state index in [1.807, 2.05) is 6.07 Å². The molecule has 0 saturated carbocycles. The second-order valence-electron chi connectivity index (χ2n) is 9.39. The number of fused-ring (bicyclic) bond motifs is 3. The van der Waals surface area contributed by atoms with E-state index in [2.05, 4.69) is 111 Å². The Bertz CT molecular complexity index is 1920. The molecule has 7 rings (SSSR count). The average molecular weight is 435 g/mol. The summed E-state index contributed by atoms with van der Waals surface area (Å²) in [5, 5.41) is 10.1. The highest BCUT2D eigenvalue weighted by Crippen LogP contribution is 2.40. The highest BCUT2D eigenvalue weighted by molar-refractivity contribution is 6.25. The van der Waals surface area contributed by atoms with Gasteiger partial charge in [-0.25, -0.2) is 0 Å². The van der Waals surface area contributed by atoms with Crippen LogP contribution in [0.2, 0.25) is 0 Å². The third-order valence-corrected chi connectivity index (χ3v) is 6.83. The first-order valence-electron chi connectivity index (χ1n) is 11.8. The fourth-order valence-electron chi connectivity index (χ4n) is 5.27. The molecule has 0 bridgehead atoms. The van der Waals surface area contributed by atoms with Gasteiger partial charge >= 0.3 is 0 Å². The van der Waals surface area contributed by atoms with Gasteiger partial charge < -0.3 is 4.42 Å². The molecule has 6 aromatic carbocycles. The van der Waals surface area contributed by atoms with Crippen LogP contribution in [0.5, 0.6) is 0 Å². The quantitative estimate of drug-likeness (QED) is 0.185.